The van der Waals surface area contributed by atoms with Crippen LogP contribution < -0.4 is 10.1 Å². The summed E-state index contributed by atoms with van der Waals surface area (Å²) in [7, 11) is 0. The van der Waals surface area contributed by atoms with Crippen LogP contribution >= 0.6 is 11.6 Å². The number of carbonyl (C=O) groups excluding carboxylic acids is 1. The fourth-order valence-corrected chi connectivity index (χ4v) is 2.89. The molecule has 1 aromatic carbocycles. The molecule has 2 rings (SSSR count). The minimum Gasteiger partial charge on any atom is -0.481 e. The molecule has 1 aliphatic rings. The van der Waals surface area contributed by atoms with Gasteiger partial charge in [-0.25, -0.2) is 0 Å². The van der Waals surface area contributed by atoms with Crippen molar-refractivity contribution in [3.63, 3.8) is 0 Å². The zero-order valence-corrected chi connectivity index (χ0v) is 14.8. The number of ether oxygens (including phenoxy) is 1. The number of halogens is 1. The first-order valence-corrected chi connectivity index (χ1v) is 8.86. The Kier molecular flexibility index (Phi) is 6.97. The number of hydrogen-bond donors (Lipinski definition) is 1. The molecule has 126 valence electrons. The standard InChI is InChI=1S/C19H26ClNO2/c1-3-18(23-16-9-10-17(20)14(2)13-16)19(22)21-12-11-15-7-5-4-6-8-15/h7,9-10,13,18H,3-6,8,11-12H2,1-2H3,(H,21,22)/t18-/m1/s1. The molecule has 0 fully saturated rings. The highest BCUT2D eigenvalue weighted by atomic mass is 35.5. The van der Waals surface area contributed by atoms with Gasteiger partial charge in [0.15, 0.2) is 6.10 Å². The Balaban J connectivity index is 1.82. The number of nitrogens with one attached hydrogen (secondary N) is 1. The van der Waals surface area contributed by atoms with Crippen molar-refractivity contribution >= 4 is 17.5 Å². The maximum atomic E-state index is 12.3. The number of amides is 1. The Morgan fingerprint density at radius 2 is 2.22 bits per heavy atom. The first-order valence-electron chi connectivity index (χ1n) is 8.48. The number of allylic oxidation sites excluding steroid dienone is 1. The number of benzene rings is 1. The molecule has 3 nitrogen and oxygen atoms in total. The minimum absolute atomic E-state index is 0.0449. The van der Waals surface area contributed by atoms with Crippen LogP contribution in [-0.2, 0) is 4.79 Å². The Morgan fingerprint density at radius 3 is 2.87 bits per heavy atom. The highest BCUT2D eigenvalue weighted by molar-refractivity contribution is 6.31. The van der Waals surface area contributed by atoms with Gasteiger partial charge in [-0.05, 0) is 69.2 Å². The van der Waals surface area contributed by atoms with Gasteiger partial charge in [0.05, 0.1) is 0 Å². The van der Waals surface area contributed by atoms with E-state index in [9.17, 15) is 4.79 Å². The zero-order chi connectivity index (χ0) is 16.7. The Morgan fingerprint density at radius 1 is 1.39 bits per heavy atom. The van der Waals surface area contributed by atoms with E-state index in [0.717, 1.165) is 12.0 Å². The van der Waals surface area contributed by atoms with Gasteiger partial charge in [-0.3, -0.25) is 4.79 Å². The second kappa shape index (κ2) is 8.97. The van der Waals surface area contributed by atoms with E-state index < -0.39 is 6.10 Å². The lowest BCUT2D eigenvalue weighted by molar-refractivity contribution is -0.128. The maximum absolute atomic E-state index is 12.3. The van der Waals surface area contributed by atoms with Gasteiger partial charge in [-0.2, -0.15) is 0 Å². The van der Waals surface area contributed by atoms with Crippen LogP contribution in [0.25, 0.3) is 0 Å². The van der Waals surface area contributed by atoms with E-state index in [2.05, 4.69) is 11.4 Å². The van der Waals surface area contributed by atoms with Crippen molar-refractivity contribution in [3.8, 4) is 5.75 Å². The van der Waals surface area contributed by atoms with Gasteiger partial charge in [0.1, 0.15) is 5.75 Å². The third kappa shape index (κ3) is 5.58. The summed E-state index contributed by atoms with van der Waals surface area (Å²) in [4.78, 5) is 12.3. The molecular formula is C19H26ClNO2. The molecule has 0 bridgehead atoms. The van der Waals surface area contributed by atoms with Crippen molar-refractivity contribution < 1.29 is 9.53 Å². The minimum atomic E-state index is -0.462. The van der Waals surface area contributed by atoms with Crippen molar-refractivity contribution in [3.05, 3.63) is 40.4 Å². The fraction of sp³-hybridized carbons (Fsp3) is 0.526. The van der Waals surface area contributed by atoms with Gasteiger partial charge in [0.25, 0.3) is 5.91 Å². The van der Waals surface area contributed by atoms with Crippen LogP contribution in [0, 0.1) is 6.92 Å². The summed E-state index contributed by atoms with van der Waals surface area (Å²) >= 11 is 6.02. The Bertz CT molecular complexity index is 568. The normalized spacial score (nSPS) is 15.7. The van der Waals surface area contributed by atoms with Gasteiger partial charge in [0, 0.05) is 11.6 Å². The van der Waals surface area contributed by atoms with Gasteiger partial charge in [0.2, 0.25) is 0 Å². The second-order valence-electron chi connectivity index (χ2n) is 6.07. The molecule has 0 saturated carbocycles. The number of carbonyl (C=O) groups is 1. The third-order valence-electron chi connectivity index (χ3n) is 4.20. The molecule has 1 aromatic rings. The van der Waals surface area contributed by atoms with E-state index in [1.807, 2.05) is 19.9 Å². The van der Waals surface area contributed by atoms with Crippen molar-refractivity contribution in [1.29, 1.82) is 0 Å². The molecule has 1 aliphatic carbocycles. The highest BCUT2D eigenvalue weighted by Crippen LogP contribution is 2.22. The Labute approximate surface area is 144 Å². The predicted molar refractivity (Wildman–Crippen MR) is 95.1 cm³/mol. The molecule has 0 unspecified atom stereocenters. The molecule has 0 aromatic heterocycles. The summed E-state index contributed by atoms with van der Waals surface area (Å²) in [6, 6.07) is 5.47. The Hall–Kier alpha value is -1.48. The molecule has 0 radical (unpaired) electrons. The first kappa shape index (κ1) is 17.9. The van der Waals surface area contributed by atoms with Gasteiger partial charge in [-0.1, -0.05) is 30.2 Å². The number of rotatable bonds is 7. The van der Waals surface area contributed by atoms with E-state index in [1.54, 1.807) is 12.1 Å². The SMILES string of the molecule is CC[C@@H](Oc1ccc(Cl)c(C)c1)C(=O)NCCC1=CCCCC1. The number of aryl methyl sites for hydroxylation is 1. The average Bonchev–Trinajstić information content (AvgIpc) is 2.56. The predicted octanol–water partition coefficient (Wildman–Crippen LogP) is 4.81. The lowest BCUT2D eigenvalue weighted by atomic mass is 9.97. The molecular weight excluding hydrogens is 310 g/mol. The van der Waals surface area contributed by atoms with Crippen LogP contribution in [0.2, 0.25) is 5.02 Å². The second-order valence-corrected chi connectivity index (χ2v) is 6.48. The van der Waals surface area contributed by atoms with Gasteiger partial charge in [-0.15, -0.1) is 0 Å². The lowest BCUT2D eigenvalue weighted by Crippen LogP contribution is -2.38. The van der Waals surface area contributed by atoms with Crippen molar-refractivity contribution in [2.24, 2.45) is 0 Å². The first-order chi connectivity index (χ1) is 11.1. The molecule has 1 N–H and O–H groups in total. The number of hydrogen-bond acceptors (Lipinski definition) is 2. The largest absolute Gasteiger partial charge is 0.481 e. The summed E-state index contributed by atoms with van der Waals surface area (Å²) in [6.07, 6.45) is 8.36. The third-order valence-corrected chi connectivity index (χ3v) is 4.63. The molecule has 0 heterocycles. The molecule has 23 heavy (non-hydrogen) atoms. The molecule has 0 aliphatic heterocycles. The summed E-state index contributed by atoms with van der Waals surface area (Å²) in [6.45, 7) is 4.56. The molecule has 1 atom stereocenters. The average molecular weight is 336 g/mol. The molecule has 0 saturated heterocycles. The van der Waals surface area contributed by atoms with E-state index in [-0.39, 0.29) is 5.91 Å². The lowest BCUT2D eigenvalue weighted by Gasteiger charge is -2.18. The smallest absolute Gasteiger partial charge is 0.261 e. The highest BCUT2D eigenvalue weighted by Gasteiger charge is 2.18. The van der Waals surface area contributed by atoms with Crippen LogP contribution in [0.3, 0.4) is 0 Å². The topological polar surface area (TPSA) is 38.3 Å². The van der Waals surface area contributed by atoms with E-state index >= 15 is 0 Å². The van der Waals surface area contributed by atoms with Gasteiger partial charge < -0.3 is 10.1 Å². The van der Waals surface area contributed by atoms with Crippen molar-refractivity contribution in [2.75, 3.05) is 6.54 Å². The maximum Gasteiger partial charge on any atom is 0.261 e. The molecule has 4 heteroatoms. The molecule has 0 spiro atoms. The zero-order valence-electron chi connectivity index (χ0n) is 14.0. The van der Waals surface area contributed by atoms with Crippen LogP contribution in [0.4, 0.5) is 0 Å². The van der Waals surface area contributed by atoms with Crippen molar-refractivity contribution in [1.82, 2.24) is 5.32 Å². The monoisotopic (exact) mass is 335 g/mol. The van der Waals surface area contributed by atoms with Crippen molar-refractivity contribution in [2.45, 2.75) is 58.5 Å². The summed E-state index contributed by atoms with van der Waals surface area (Å²) in [5.74, 6) is 0.639. The molecule has 1 amide bonds. The van der Waals surface area contributed by atoms with Gasteiger partial charge >= 0.3 is 0 Å². The quantitative estimate of drug-likeness (QED) is 0.726. The fourth-order valence-electron chi connectivity index (χ4n) is 2.77. The summed E-state index contributed by atoms with van der Waals surface area (Å²) < 4.78 is 5.82. The summed E-state index contributed by atoms with van der Waals surface area (Å²) in [5.41, 5.74) is 2.42. The van der Waals surface area contributed by atoms with Crippen LogP contribution in [0.1, 0.15) is 51.0 Å². The van der Waals surface area contributed by atoms with E-state index in [0.29, 0.717) is 23.7 Å². The summed E-state index contributed by atoms with van der Waals surface area (Å²) in [5, 5.41) is 3.70. The van der Waals surface area contributed by atoms with Crippen LogP contribution in [0.5, 0.6) is 5.75 Å². The van der Waals surface area contributed by atoms with Crippen LogP contribution in [-0.4, -0.2) is 18.6 Å². The van der Waals surface area contributed by atoms with E-state index in [1.165, 1.54) is 31.3 Å². The van der Waals surface area contributed by atoms with E-state index in [4.69, 9.17) is 16.3 Å². The van der Waals surface area contributed by atoms with Crippen LogP contribution in [0.15, 0.2) is 29.8 Å².